The normalized spacial score (nSPS) is 23.1. The standard InChI is InChI=1S/C21H26F6N2O2/c1-31-17-11-12(20(22,23)24)10-14(21(25,26)27)18(17)19(30)29-16-9-5-4-8-15(16)28-13-6-2-3-7-13/h10-11,13,15-16,28H,2-9H2,1H3,(H,29,30). The third-order valence-electron chi connectivity index (χ3n) is 6.07. The summed E-state index contributed by atoms with van der Waals surface area (Å²) in [5.74, 6) is -1.83. The first-order chi connectivity index (χ1) is 14.5. The van der Waals surface area contributed by atoms with Crippen molar-refractivity contribution in [1.29, 1.82) is 0 Å². The van der Waals surface area contributed by atoms with Crippen LogP contribution in [0.15, 0.2) is 12.1 Å². The molecule has 3 rings (SSSR count). The second-order valence-electron chi connectivity index (χ2n) is 8.22. The minimum absolute atomic E-state index is 0.0352. The molecule has 1 aromatic rings. The number of benzene rings is 1. The van der Waals surface area contributed by atoms with Crippen LogP contribution in [0.5, 0.6) is 5.75 Å². The average molecular weight is 452 g/mol. The van der Waals surface area contributed by atoms with Crippen molar-refractivity contribution in [2.75, 3.05) is 7.11 Å². The Morgan fingerprint density at radius 1 is 0.903 bits per heavy atom. The molecular weight excluding hydrogens is 426 g/mol. The molecule has 2 aliphatic rings. The van der Waals surface area contributed by atoms with Gasteiger partial charge in [-0.1, -0.05) is 25.7 Å². The van der Waals surface area contributed by atoms with Crippen LogP contribution in [-0.4, -0.2) is 31.1 Å². The van der Waals surface area contributed by atoms with Crippen LogP contribution in [0.3, 0.4) is 0 Å². The molecule has 2 atom stereocenters. The molecule has 174 valence electrons. The number of hydrogen-bond acceptors (Lipinski definition) is 3. The predicted molar refractivity (Wildman–Crippen MR) is 102 cm³/mol. The molecule has 4 nitrogen and oxygen atoms in total. The Balaban J connectivity index is 1.90. The van der Waals surface area contributed by atoms with E-state index in [4.69, 9.17) is 4.74 Å². The number of carbonyl (C=O) groups excluding carboxylic acids is 1. The summed E-state index contributed by atoms with van der Waals surface area (Å²) in [5, 5.41) is 6.15. The number of carbonyl (C=O) groups is 1. The smallest absolute Gasteiger partial charge is 0.417 e. The number of nitrogens with one attached hydrogen (secondary N) is 2. The van der Waals surface area contributed by atoms with Crippen LogP contribution < -0.4 is 15.4 Å². The summed E-state index contributed by atoms with van der Waals surface area (Å²) in [7, 11) is 0.942. The van der Waals surface area contributed by atoms with Crippen molar-refractivity contribution in [2.24, 2.45) is 0 Å². The number of amides is 1. The van der Waals surface area contributed by atoms with E-state index in [1.165, 1.54) is 0 Å². The molecule has 0 heterocycles. The highest BCUT2D eigenvalue weighted by Gasteiger charge is 2.42. The molecule has 2 saturated carbocycles. The second-order valence-corrected chi connectivity index (χ2v) is 8.22. The Bertz CT molecular complexity index is 787. The van der Waals surface area contributed by atoms with Gasteiger partial charge in [0.05, 0.1) is 23.8 Å². The first-order valence-electron chi connectivity index (χ1n) is 10.4. The van der Waals surface area contributed by atoms with Crippen LogP contribution in [0.2, 0.25) is 0 Å². The summed E-state index contributed by atoms with van der Waals surface area (Å²) < 4.78 is 84.9. The van der Waals surface area contributed by atoms with E-state index in [1.54, 1.807) is 0 Å². The Hall–Kier alpha value is -1.97. The lowest BCUT2D eigenvalue weighted by Gasteiger charge is -2.35. The van der Waals surface area contributed by atoms with Gasteiger partial charge in [-0.2, -0.15) is 26.3 Å². The molecule has 1 amide bonds. The summed E-state index contributed by atoms with van der Waals surface area (Å²) in [6.45, 7) is 0. The van der Waals surface area contributed by atoms with Gasteiger partial charge in [0.1, 0.15) is 5.75 Å². The lowest BCUT2D eigenvalue weighted by Crippen LogP contribution is -2.54. The number of ether oxygens (including phenoxy) is 1. The third-order valence-corrected chi connectivity index (χ3v) is 6.07. The highest BCUT2D eigenvalue weighted by atomic mass is 19.4. The maximum Gasteiger partial charge on any atom is 0.417 e. The molecule has 10 heteroatoms. The average Bonchev–Trinajstić information content (AvgIpc) is 3.20. The number of halogens is 6. The molecule has 2 unspecified atom stereocenters. The van der Waals surface area contributed by atoms with Crippen LogP contribution in [0, 0.1) is 0 Å². The molecule has 1 aromatic carbocycles. The summed E-state index contributed by atoms with van der Waals surface area (Å²) >= 11 is 0. The summed E-state index contributed by atoms with van der Waals surface area (Å²) in [6, 6.07) is 0.214. The Morgan fingerprint density at radius 2 is 1.48 bits per heavy atom. The maximum atomic E-state index is 13.6. The van der Waals surface area contributed by atoms with E-state index in [-0.39, 0.29) is 12.1 Å². The molecule has 0 aliphatic heterocycles. The SMILES string of the molecule is COc1cc(C(F)(F)F)cc(C(F)(F)F)c1C(=O)NC1CCCCC1NC1CCCC1. The van der Waals surface area contributed by atoms with Gasteiger partial charge in [-0.25, -0.2) is 0 Å². The van der Waals surface area contributed by atoms with E-state index in [2.05, 4.69) is 10.6 Å². The van der Waals surface area contributed by atoms with Gasteiger partial charge in [0, 0.05) is 18.1 Å². The molecule has 31 heavy (non-hydrogen) atoms. The van der Waals surface area contributed by atoms with Crippen molar-refractivity contribution in [2.45, 2.75) is 81.8 Å². The maximum absolute atomic E-state index is 13.6. The molecule has 2 aliphatic carbocycles. The van der Waals surface area contributed by atoms with Gasteiger partial charge in [0.25, 0.3) is 5.91 Å². The first kappa shape index (κ1) is 23.7. The van der Waals surface area contributed by atoms with Gasteiger partial charge < -0.3 is 15.4 Å². The summed E-state index contributed by atoms with van der Waals surface area (Å²) in [6.07, 6.45) is -2.81. The van der Waals surface area contributed by atoms with Crippen LogP contribution in [0.1, 0.15) is 72.9 Å². The molecule has 0 saturated heterocycles. The van der Waals surface area contributed by atoms with Crippen LogP contribution in [0.25, 0.3) is 0 Å². The van der Waals surface area contributed by atoms with E-state index in [9.17, 15) is 31.1 Å². The molecule has 2 N–H and O–H groups in total. The van der Waals surface area contributed by atoms with E-state index < -0.39 is 46.7 Å². The molecule has 0 spiro atoms. The van der Waals surface area contributed by atoms with Gasteiger partial charge in [0.2, 0.25) is 0 Å². The zero-order valence-corrected chi connectivity index (χ0v) is 17.1. The van der Waals surface area contributed by atoms with E-state index in [0.717, 1.165) is 52.1 Å². The van der Waals surface area contributed by atoms with E-state index in [0.29, 0.717) is 18.5 Å². The molecule has 0 radical (unpaired) electrons. The Labute approximate surface area is 176 Å². The quantitative estimate of drug-likeness (QED) is 0.596. The second kappa shape index (κ2) is 9.26. The molecule has 2 fully saturated rings. The fourth-order valence-corrected chi connectivity index (χ4v) is 4.54. The number of methoxy groups -OCH3 is 1. The predicted octanol–water partition coefficient (Wildman–Crippen LogP) is 5.31. The lowest BCUT2D eigenvalue weighted by molar-refractivity contribution is -0.143. The van der Waals surface area contributed by atoms with Gasteiger partial charge >= 0.3 is 12.4 Å². The van der Waals surface area contributed by atoms with Gasteiger partial charge in [0.15, 0.2) is 0 Å². The van der Waals surface area contributed by atoms with Crippen molar-refractivity contribution in [3.8, 4) is 5.75 Å². The van der Waals surface area contributed by atoms with Crippen molar-refractivity contribution in [3.63, 3.8) is 0 Å². The van der Waals surface area contributed by atoms with Gasteiger partial charge in [-0.3, -0.25) is 4.79 Å². The third kappa shape index (κ3) is 5.64. The van der Waals surface area contributed by atoms with Crippen LogP contribution in [-0.2, 0) is 12.4 Å². The highest BCUT2D eigenvalue weighted by molar-refractivity contribution is 5.99. The number of hydrogen-bond donors (Lipinski definition) is 2. The Morgan fingerprint density at radius 3 is 2.03 bits per heavy atom. The minimum atomic E-state index is -5.16. The van der Waals surface area contributed by atoms with Gasteiger partial charge in [-0.05, 0) is 37.8 Å². The van der Waals surface area contributed by atoms with E-state index >= 15 is 0 Å². The number of alkyl halides is 6. The van der Waals surface area contributed by atoms with Crippen LogP contribution >= 0.6 is 0 Å². The van der Waals surface area contributed by atoms with Gasteiger partial charge in [-0.15, -0.1) is 0 Å². The molecule has 0 bridgehead atoms. The Kier molecular flexibility index (Phi) is 7.08. The lowest BCUT2D eigenvalue weighted by atomic mass is 9.89. The zero-order chi connectivity index (χ0) is 22.8. The van der Waals surface area contributed by atoms with Crippen LogP contribution in [0.4, 0.5) is 26.3 Å². The van der Waals surface area contributed by atoms with Crippen molar-refractivity contribution in [3.05, 3.63) is 28.8 Å². The van der Waals surface area contributed by atoms with Crippen molar-refractivity contribution in [1.82, 2.24) is 10.6 Å². The topological polar surface area (TPSA) is 50.4 Å². The molecular formula is C21H26F6N2O2. The summed E-state index contributed by atoms with van der Waals surface area (Å²) in [5.41, 5.74) is -4.10. The fourth-order valence-electron chi connectivity index (χ4n) is 4.54. The molecule has 0 aromatic heterocycles. The highest BCUT2D eigenvalue weighted by Crippen LogP contribution is 2.41. The largest absolute Gasteiger partial charge is 0.496 e. The first-order valence-corrected chi connectivity index (χ1v) is 10.4. The fraction of sp³-hybridized carbons (Fsp3) is 0.667. The monoisotopic (exact) mass is 452 g/mol. The summed E-state index contributed by atoms with van der Waals surface area (Å²) in [4.78, 5) is 12.9. The minimum Gasteiger partial charge on any atom is -0.496 e. The van der Waals surface area contributed by atoms with Crippen molar-refractivity contribution < 1.29 is 35.9 Å². The van der Waals surface area contributed by atoms with Crippen molar-refractivity contribution >= 4 is 5.91 Å². The van der Waals surface area contributed by atoms with E-state index in [1.807, 2.05) is 0 Å². The number of rotatable bonds is 5. The zero-order valence-electron chi connectivity index (χ0n) is 17.1.